The van der Waals surface area contributed by atoms with E-state index in [0.29, 0.717) is 6.42 Å². The van der Waals surface area contributed by atoms with Crippen molar-refractivity contribution in [3.8, 4) is 0 Å². The maximum Gasteiger partial charge on any atom is 0.303 e. The quantitative estimate of drug-likeness (QED) is 0.600. The highest BCUT2D eigenvalue weighted by Gasteiger charge is 1.98. The first kappa shape index (κ1) is 10.2. The normalized spacial score (nSPS) is 9.55. The lowest BCUT2D eigenvalue weighted by Gasteiger charge is -2.00. The first-order valence-electron chi connectivity index (χ1n) is 4.05. The van der Waals surface area contributed by atoms with Crippen LogP contribution in [-0.2, 0) is 4.79 Å². The molecule has 0 aromatic rings. The smallest absolute Gasteiger partial charge is 0.303 e. The minimum Gasteiger partial charge on any atom is -0.481 e. The second kappa shape index (κ2) is 5.96. The molecular weight excluding hydrogens is 140 g/mol. The molecule has 0 bridgehead atoms. The van der Waals surface area contributed by atoms with Gasteiger partial charge >= 0.3 is 5.97 Å². The average Bonchev–Trinajstić information content (AvgIpc) is 1.97. The Morgan fingerprint density at radius 3 is 2.45 bits per heavy atom. The van der Waals surface area contributed by atoms with Crippen LogP contribution in [0.5, 0.6) is 0 Å². The predicted molar refractivity (Wildman–Crippen MR) is 45.5 cm³/mol. The lowest BCUT2D eigenvalue weighted by atomic mass is 10.1. The summed E-state index contributed by atoms with van der Waals surface area (Å²) < 4.78 is 0. The van der Waals surface area contributed by atoms with Crippen molar-refractivity contribution >= 4 is 5.97 Å². The van der Waals surface area contributed by atoms with E-state index in [1.165, 1.54) is 0 Å². The summed E-state index contributed by atoms with van der Waals surface area (Å²) in [6.45, 7) is 5.92. The Balaban J connectivity index is 3.30. The van der Waals surface area contributed by atoms with E-state index in [9.17, 15) is 4.79 Å². The van der Waals surface area contributed by atoms with Crippen LogP contribution in [0.15, 0.2) is 12.2 Å². The van der Waals surface area contributed by atoms with E-state index in [4.69, 9.17) is 5.11 Å². The summed E-state index contributed by atoms with van der Waals surface area (Å²) in [5.74, 6) is -0.734. The maximum absolute atomic E-state index is 10.1. The molecule has 0 amide bonds. The lowest BCUT2D eigenvalue weighted by molar-refractivity contribution is -0.136. The highest BCUT2D eigenvalue weighted by Crippen LogP contribution is 2.10. The highest BCUT2D eigenvalue weighted by molar-refractivity contribution is 5.66. The van der Waals surface area contributed by atoms with Crippen molar-refractivity contribution in [2.45, 2.75) is 39.0 Å². The Morgan fingerprint density at radius 1 is 1.36 bits per heavy atom. The van der Waals surface area contributed by atoms with Gasteiger partial charge in [0, 0.05) is 6.42 Å². The van der Waals surface area contributed by atoms with E-state index in [2.05, 4.69) is 13.5 Å². The van der Waals surface area contributed by atoms with Crippen LogP contribution in [0, 0.1) is 0 Å². The van der Waals surface area contributed by atoms with E-state index in [1.807, 2.05) is 0 Å². The number of unbranched alkanes of at least 4 members (excludes halogenated alkanes) is 1. The molecule has 64 valence electrons. The van der Waals surface area contributed by atoms with Gasteiger partial charge < -0.3 is 5.11 Å². The van der Waals surface area contributed by atoms with Gasteiger partial charge in [0.05, 0.1) is 0 Å². The van der Waals surface area contributed by atoms with Gasteiger partial charge in [0.15, 0.2) is 0 Å². The monoisotopic (exact) mass is 156 g/mol. The predicted octanol–water partition coefficient (Wildman–Crippen LogP) is 2.60. The lowest BCUT2D eigenvalue weighted by Crippen LogP contribution is -1.95. The topological polar surface area (TPSA) is 37.3 Å². The summed E-state index contributed by atoms with van der Waals surface area (Å²) in [5.41, 5.74) is 1.06. The molecule has 0 saturated heterocycles. The van der Waals surface area contributed by atoms with Crippen LogP contribution < -0.4 is 0 Å². The Kier molecular flexibility index (Phi) is 5.53. The van der Waals surface area contributed by atoms with Crippen molar-refractivity contribution in [3.05, 3.63) is 12.2 Å². The summed E-state index contributed by atoms with van der Waals surface area (Å²) in [7, 11) is 0. The van der Waals surface area contributed by atoms with Gasteiger partial charge in [-0.25, -0.2) is 0 Å². The molecule has 0 aromatic heterocycles. The van der Waals surface area contributed by atoms with E-state index < -0.39 is 5.97 Å². The highest BCUT2D eigenvalue weighted by atomic mass is 16.4. The second-order valence-electron chi connectivity index (χ2n) is 2.75. The standard InChI is InChI=1S/C9H16O2/c1-3-4-5-8(2)6-7-9(10)11/h2-7H2,1H3,(H,10,11). The van der Waals surface area contributed by atoms with Crippen molar-refractivity contribution < 1.29 is 9.90 Å². The molecule has 0 rings (SSSR count). The van der Waals surface area contributed by atoms with Crippen molar-refractivity contribution in [2.24, 2.45) is 0 Å². The summed E-state index contributed by atoms with van der Waals surface area (Å²) in [5, 5.41) is 8.35. The van der Waals surface area contributed by atoms with Gasteiger partial charge in [0.25, 0.3) is 0 Å². The summed E-state index contributed by atoms with van der Waals surface area (Å²) in [4.78, 5) is 10.1. The van der Waals surface area contributed by atoms with Crippen molar-refractivity contribution in [3.63, 3.8) is 0 Å². The zero-order chi connectivity index (χ0) is 8.69. The van der Waals surface area contributed by atoms with Crippen LogP contribution in [0.3, 0.4) is 0 Å². The molecule has 2 heteroatoms. The van der Waals surface area contributed by atoms with Crippen LogP contribution in [0.25, 0.3) is 0 Å². The van der Waals surface area contributed by atoms with Crippen LogP contribution in [-0.4, -0.2) is 11.1 Å². The number of hydrogen-bond acceptors (Lipinski definition) is 1. The number of hydrogen-bond donors (Lipinski definition) is 1. The molecule has 0 aliphatic rings. The molecule has 0 spiro atoms. The Hall–Kier alpha value is -0.790. The Labute approximate surface area is 67.9 Å². The summed E-state index contributed by atoms with van der Waals surface area (Å²) in [6.07, 6.45) is 4.10. The molecule has 0 fully saturated rings. The first-order valence-corrected chi connectivity index (χ1v) is 4.05. The third kappa shape index (κ3) is 7.10. The van der Waals surface area contributed by atoms with Gasteiger partial charge in [-0.3, -0.25) is 4.79 Å². The Morgan fingerprint density at radius 2 is 2.00 bits per heavy atom. The molecule has 0 aliphatic carbocycles. The fraction of sp³-hybridized carbons (Fsp3) is 0.667. The van der Waals surface area contributed by atoms with Gasteiger partial charge in [-0.15, -0.1) is 0 Å². The third-order valence-corrected chi connectivity index (χ3v) is 1.58. The van der Waals surface area contributed by atoms with Crippen LogP contribution in [0.4, 0.5) is 0 Å². The van der Waals surface area contributed by atoms with E-state index in [-0.39, 0.29) is 6.42 Å². The number of allylic oxidation sites excluding steroid dienone is 1. The number of carboxylic acids is 1. The van der Waals surface area contributed by atoms with Crippen molar-refractivity contribution in [1.82, 2.24) is 0 Å². The second-order valence-corrected chi connectivity index (χ2v) is 2.75. The molecular formula is C9H16O2. The van der Waals surface area contributed by atoms with E-state index in [0.717, 1.165) is 24.8 Å². The molecule has 0 heterocycles. The van der Waals surface area contributed by atoms with Gasteiger partial charge in [-0.05, 0) is 19.3 Å². The molecule has 1 N–H and O–H groups in total. The number of carboxylic acid groups (broad SMARTS) is 1. The van der Waals surface area contributed by atoms with Crippen molar-refractivity contribution in [2.75, 3.05) is 0 Å². The molecule has 0 aliphatic heterocycles. The molecule has 0 unspecified atom stereocenters. The summed E-state index contributed by atoms with van der Waals surface area (Å²) in [6, 6.07) is 0. The van der Waals surface area contributed by atoms with Gasteiger partial charge in [0.2, 0.25) is 0 Å². The SMILES string of the molecule is C=C(CCCC)CCC(=O)O. The summed E-state index contributed by atoms with van der Waals surface area (Å²) >= 11 is 0. The van der Waals surface area contributed by atoms with E-state index >= 15 is 0 Å². The number of carbonyl (C=O) groups is 1. The largest absolute Gasteiger partial charge is 0.481 e. The minimum atomic E-state index is -0.734. The van der Waals surface area contributed by atoms with E-state index in [1.54, 1.807) is 0 Å². The van der Waals surface area contributed by atoms with Crippen LogP contribution in [0.2, 0.25) is 0 Å². The van der Waals surface area contributed by atoms with Gasteiger partial charge in [0.1, 0.15) is 0 Å². The number of aliphatic carboxylic acids is 1. The zero-order valence-corrected chi connectivity index (χ0v) is 7.10. The average molecular weight is 156 g/mol. The third-order valence-electron chi connectivity index (χ3n) is 1.58. The first-order chi connectivity index (χ1) is 5.16. The molecule has 0 aromatic carbocycles. The zero-order valence-electron chi connectivity index (χ0n) is 7.10. The number of rotatable bonds is 6. The van der Waals surface area contributed by atoms with Gasteiger partial charge in [-0.1, -0.05) is 25.5 Å². The van der Waals surface area contributed by atoms with Crippen LogP contribution >= 0.6 is 0 Å². The van der Waals surface area contributed by atoms with Gasteiger partial charge in [-0.2, -0.15) is 0 Å². The van der Waals surface area contributed by atoms with Crippen LogP contribution in [0.1, 0.15) is 39.0 Å². The maximum atomic E-state index is 10.1. The molecule has 11 heavy (non-hydrogen) atoms. The fourth-order valence-electron chi connectivity index (χ4n) is 0.835. The molecule has 0 atom stereocenters. The molecule has 2 nitrogen and oxygen atoms in total. The minimum absolute atomic E-state index is 0.225. The van der Waals surface area contributed by atoms with Crippen molar-refractivity contribution in [1.29, 1.82) is 0 Å². The molecule has 0 radical (unpaired) electrons. The fourth-order valence-corrected chi connectivity index (χ4v) is 0.835. The molecule has 0 saturated carbocycles. The Bertz CT molecular complexity index is 138.